The summed E-state index contributed by atoms with van der Waals surface area (Å²) in [6, 6.07) is 3.78. The molecule has 0 N–H and O–H groups in total. The van der Waals surface area contributed by atoms with E-state index < -0.39 is 0 Å². The molecule has 0 radical (unpaired) electrons. The summed E-state index contributed by atoms with van der Waals surface area (Å²) in [5, 5.41) is 0. The zero-order valence-electron chi connectivity index (χ0n) is 8.70. The summed E-state index contributed by atoms with van der Waals surface area (Å²) >= 11 is 3.33. The lowest BCUT2D eigenvalue weighted by molar-refractivity contribution is 0.170. The van der Waals surface area contributed by atoms with Crippen molar-refractivity contribution in [1.82, 2.24) is 9.88 Å². The number of likely N-dealkylation sites (N-methyl/N-ethyl adjacent to an activating group) is 1. The molecule has 4 heteroatoms. The molecule has 0 spiro atoms. The van der Waals surface area contributed by atoms with Crippen LogP contribution in [0.1, 0.15) is 6.92 Å². The van der Waals surface area contributed by atoms with E-state index >= 15 is 0 Å². The van der Waals surface area contributed by atoms with E-state index in [1.165, 1.54) is 0 Å². The molecule has 1 aromatic rings. The first-order valence-electron chi connectivity index (χ1n) is 4.51. The predicted molar refractivity (Wildman–Crippen MR) is 60.6 cm³/mol. The first-order valence-corrected chi connectivity index (χ1v) is 5.30. The van der Waals surface area contributed by atoms with Gasteiger partial charge in [-0.3, -0.25) is 0 Å². The third-order valence-electron chi connectivity index (χ3n) is 1.64. The third-order valence-corrected chi connectivity index (χ3v) is 2.11. The molecule has 0 aliphatic rings. The van der Waals surface area contributed by atoms with Gasteiger partial charge in [0.05, 0.1) is 0 Å². The van der Waals surface area contributed by atoms with Gasteiger partial charge >= 0.3 is 0 Å². The van der Waals surface area contributed by atoms with Crippen molar-refractivity contribution in [2.24, 2.45) is 0 Å². The standard InChI is InChI=1S/C10H15BrN2O/c1-8(7-13(2)3)14-10-5-4-9(11)6-12-10/h4-6,8H,7H2,1-3H3. The van der Waals surface area contributed by atoms with Crippen LogP contribution < -0.4 is 4.74 Å². The largest absolute Gasteiger partial charge is 0.473 e. The van der Waals surface area contributed by atoms with Crippen LogP contribution in [0.2, 0.25) is 0 Å². The van der Waals surface area contributed by atoms with Crippen molar-refractivity contribution in [2.45, 2.75) is 13.0 Å². The molecular formula is C10H15BrN2O. The Hall–Kier alpha value is -0.610. The van der Waals surface area contributed by atoms with Gasteiger partial charge in [0.2, 0.25) is 5.88 Å². The summed E-state index contributed by atoms with van der Waals surface area (Å²) < 4.78 is 6.57. The van der Waals surface area contributed by atoms with Crippen LogP contribution in [0, 0.1) is 0 Å². The van der Waals surface area contributed by atoms with E-state index in [9.17, 15) is 0 Å². The minimum Gasteiger partial charge on any atom is -0.473 e. The highest BCUT2D eigenvalue weighted by molar-refractivity contribution is 9.10. The quantitative estimate of drug-likeness (QED) is 0.828. The Bertz CT molecular complexity index is 274. The van der Waals surface area contributed by atoms with Crippen LogP contribution >= 0.6 is 15.9 Å². The van der Waals surface area contributed by atoms with Crippen LogP contribution in [0.15, 0.2) is 22.8 Å². The summed E-state index contributed by atoms with van der Waals surface area (Å²) in [6.07, 6.45) is 1.89. The molecule has 1 rings (SSSR count). The van der Waals surface area contributed by atoms with E-state index in [4.69, 9.17) is 4.74 Å². The van der Waals surface area contributed by atoms with Crippen LogP contribution in [-0.2, 0) is 0 Å². The summed E-state index contributed by atoms with van der Waals surface area (Å²) in [7, 11) is 4.05. The van der Waals surface area contributed by atoms with Crippen LogP contribution in [0.25, 0.3) is 0 Å². The van der Waals surface area contributed by atoms with Gasteiger partial charge in [-0.15, -0.1) is 0 Å². The van der Waals surface area contributed by atoms with Gasteiger partial charge < -0.3 is 9.64 Å². The van der Waals surface area contributed by atoms with Crippen molar-refractivity contribution in [3.8, 4) is 5.88 Å². The second kappa shape index (κ2) is 5.32. The van der Waals surface area contributed by atoms with Gasteiger partial charge in [-0.25, -0.2) is 4.98 Å². The molecule has 3 nitrogen and oxygen atoms in total. The molecule has 0 amide bonds. The van der Waals surface area contributed by atoms with Crippen molar-refractivity contribution in [2.75, 3.05) is 20.6 Å². The van der Waals surface area contributed by atoms with Crippen LogP contribution in [-0.4, -0.2) is 36.6 Å². The maximum atomic E-state index is 5.61. The number of aromatic nitrogens is 1. The zero-order valence-corrected chi connectivity index (χ0v) is 10.3. The van der Waals surface area contributed by atoms with Crippen LogP contribution in [0.5, 0.6) is 5.88 Å². The zero-order chi connectivity index (χ0) is 10.6. The van der Waals surface area contributed by atoms with E-state index in [0.717, 1.165) is 11.0 Å². The molecule has 0 aromatic carbocycles. The van der Waals surface area contributed by atoms with Crippen molar-refractivity contribution in [3.63, 3.8) is 0 Å². The average molecular weight is 259 g/mol. The number of rotatable bonds is 4. The van der Waals surface area contributed by atoms with Gasteiger partial charge in [0.1, 0.15) is 6.10 Å². The second-order valence-corrected chi connectivity index (χ2v) is 4.42. The molecule has 0 aliphatic heterocycles. The number of ether oxygens (including phenoxy) is 1. The van der Waals surface area contributed by atoms with Crippen molar-refractivity contribution in [1.29, 1.82) is 0 Å². The third kappa shape index (κ3) is 4.07. The summed E-state index contributed by atoms with van der Waals surface area (Å²) in [5.41, 5.74) is 0. The Kier molecular flexibility index (Phi) is 4.35. The summed E-state index contributed by atoms with van der Waals surface area (Å²) in [4.78, 5) is 6.22. The maximum Gasteiger partial charge on any atom is 0.213 e. The van der Waals surface area contributed by atoms with E-state index in [2.05, 4.69) is 25.8 Å². The topological polar surface area (TPSA) is 25.4 Å². The summed E-state index contributed by atoms with van der Waals surface area (Å²) in [6.45, 7) is 2.92. The van der Waals surface area contributed by atoms with E-state index in [-0.39, 0.29) is 6.10 Å². The molecule has 0 aliphatic carbocycles. The van der Waals surface area contributed by atoms with Gasteiger partial charge in [0.25, 0.3) is 0 Å². The number of pyridine rings is 1. The molecular weight excluding hydrogens is 244 g/mol. The Labute approximate surface area is 93.2 Å². The van der Waals surface area contributed by atoms with Gasteiger partial charge in [0.15, 0.2) is 0 Å². The molecule has 0 fully saturated rings. The molecule has 78 valence electrons. The van der Waals surface area contributed by atoms with Crippen LogP contribution in [0.4, 0.5) is 0 Å². The lowest BCUT2D eigenvalue weighted by Gasteiger charge is -2.17. The lowest BCUT2D eigenvalue weighted by Crippen LogP contribution is -2.28. The van der Waals surface area contributed by atoms with Crippen molar-refractivity contribution >= 4 is 15.9 Å². The molecule has 0 bridgehead atoms. The minimum atomic E-state index is 0.152. The Morgan fingerprint density at radius 2 is 2.21 bits per heavy atom. The van der Waals surface area contributed by atoms with E-state index in [0.29, 0.717) is 5.88 Å². The van der Waals surface area contributed by atoms with Gasteiger partial charge in [0, 0.05) is 23.3 Å². The number of halogens is 1. The second-order valence-electron chi connectivity index (χ2n) is 3.51. The highest BCUT2D eigenvalue weighted by atomic mass is 79.9. The van der Waals surface area contributed by atoms with E-state index in [1.807, 2.05) is 33.2 Å². The molecule has 0 saturated heterocycles. The monoisotopic (exact) mass is 258 g/mol. The first kappa shape index (κ1) is 11.5. The smallest absolute Gasteiger partial charge is 0.213 e. The molecule has 14 heavy (non-hydrogen) atoms. The number of hydrogen-bond donors (Lipinski definition) is 0. The van der Waals surface area contributed by atoms with E-state index in [1.54, 1.807) is 6.20 Å². The first-order chi connectivity index (χ1) is 6.58. The minimum absolute atomic E-state index is 0.152. The fourth-order valence-electron chi connectivity index (χ4n) is 1.19. The van der Waals surface area contributed by atoms with Crippen LogP contribution in [0.3, 0.4) is 0 Å². The Morgan fingerprint density at radius 1 is 1.50 bits per heavy atom. The molecule has 1 unspecified atom stereocenters. The molecule has 1 heterocycles. The predicted octanol–water partition coefficient (Wildman–Crippen LogP) is 2.17. The van der Waals surface area contributed by atoms with Gasteiger partial charge in [-0.2, -0.15) is 0 Å². The lowest BCUT2D eigenvalue weighted by atomic mass is 10.4. The fraction of sp³-hybridized carbons (Fsp3) is 0.500. The molecule has 1 atom stereocenters. The molecule has 1 aromatic heterocycles. The van der Waals surface area contributed by atoms with Crippen molar-refractivity contribution < 1.29 is 4.74 Å². The Morgan fingerprint density at radius 3 is 2.71 bits per heavy atom. The average Bonchev–Trinajstić information content (AvgIpc) is 2.07. The van der Waals surface area contributed by atoms with Crippen molar-refractivity contribution in [3.05, 3.63) is 22.8 Å². The maximum absolute atomic E-state index is 5.61. The van der Waals surface area contributed by atoms with Gasteiger partial charge in [-0.05, 0) is 43.0 Å². The normalized spacial score (nSPS) is 12.9. The SMILES string of the molecule is CC(CN(C)C)Oc1ccc(Br)cn1. The highest BCUT2D eigenvalue weighted by Gasteiger charge is 2.05. The fourth-order valence-corrected chi connectivity index (χ4v) is 1.42. The van der Waals surface area contributed by atoms with Gasteiger partial charge in [-0.1, -0.05) is 0 Å². The molecule has 0 saturated carbocycles. The summed E-state index contributed by atoms with van der Waals surface area (Å²) in [5.74, 6) is 0.669. The Balaban J connectivity index is 2.47. The number of hydrogen-bond acceptors (Lipinski definition) is 3. The highest BCUT2D eigenvalue weighted by Crippen LogP contribution is 2.13. The number of nitrogens with zero attached hydrogens (tertiary/aromatic N) is 2.